The van der Waals surface area contributed by atoms with Crippen molar-refractivity contribution in [3.63, 3.8) is 0 Å². The second-order valence-electron chi connectivity index (χ2n) is 5.13. The first-order chi connectivity index (χ1) is 12.3. The smallest absolute Gasteiger partial charge is 0.225 e. The molecular weight excluding hydrogens is 340 g/mol. The number of hydrogen-bond donors (Lipinski definition) is 2. The van der Waals surface area contributed by atoms with E-state index in [-0.39, 0.29) is 12.3 Å². The maximum atomic E-state index is 12.3. The summed E-state index contributed by atoms with van der Waals surface area (Å²) in [5.74, 6) is 1.27. The van der Waals surface area contributed by atoms with Gasteiger partial charge in [0.05, 0.1) is 5.39 Å². The summed E-state index contributed by atoms with van der Waals surface area (Å²) in [4.78, 5) is 26.3. The van der Waals surface area contributed by atoms with E-state index in [2.05, 4.69) is 40.9 Å². The van der Waals surface area contributed by atoms with E-state index in [0.29, 0.717) is 29.6 Å². The van der Waals surface area contributed by atoms with Gasteiger partial charge in [0.1, 0.15) is 16.3 Å². The number of aromatic amines is 1. The molecule has 4 aromatic rings. The molecule has 4 heterocycles. The fourth-order valence-electron chi connectivity index (χ4n) is 2.27. The van der Waals surface area contributed by atoms with Crippen LogP contribution in [0.25, 0.3) is 21.7 Å². The van der Waals surface area contributed by atoms with Crippen LogP contribution in [0, 0.1) is 0 Å². The van der Waals surface area contributed by atoms with Crippen molar-refractivity contribution >= 4 is 33.3 Å². The van der Waals surface area contributed by atoms with Crippen molar-refractivity contribution in [1.82, 2.24) is 35.6 Å². The largest absolute Gasteiger partial charge is 0.310 e. The van der Waals surface area contributed by atoms with E-state index in [1.807, 2.05) is 29.6 Å². The summed E-state index contributed by atoms with van der Waals surface area (Å²) in [5, 5.41) is 19.1. The lowest BCUT2D eigenvalue weighted by atomic mass is 10.2. The number of anilines is 1. The van der Waals surface area contributed by atoms with Crippen molar-refractivity contribution in [2.24, 2.45) is 0 Å². The number of amides is 1. The number of nitrogens with zero attached hydrogens (tertiary/aromatic N) is 6. The van der Waals surface area contributed by atoms with Crippen molar-refractivity contribution < 1.29 is 4.79 Å². The number of pyridine rings is 1. The number of rotatable bonds is 5. The number of carbonyl (C=O) groups excluding carboxylic acids is 1. The molecule has 0 atom stereocenters. The molecule has 25 heavy (non-hydrogen) atoms. The summed E-state index contributed by atoms with van der Waals surface area (Å²) in [6.45, 7) is 0. The molecule has 4 rings (SSSR count). The van der Waals surface area contributed by atoms with E-state index >= 15 is 0 Å². The normalized spacial score (nSPS) is 10.9. The summed E-state index contributed by atoms with van der Waals surface area (Å²) in [6, 6.07) is 7.41. The van der Waals surface area contributed by atoms with E-state index in [0.717, 1.165) is 10.2 Å². The Morgan fingerprint density at radius 3 is 3.00 bits per heavy atom. The number of carbonyl (C=O) groups is 1. The number of thiophene rings is 1. The van der Waals surface area contributed by atoms with Gasteiger partial charge in [0.15, 0.2) is 11.6 Å². The monoisotopic (exact) mass is 352 g/mol. The Morgan fingerprint density at radius 1 is 1.24 bits per heavy atom. The van der Waals surface area contributed by atoms with E-state index in [1.54, 1.807) is 6.20 Å². The predicted molar refractivity (Wildman–Crippen MR) is 91.8 cm³/mol. The first-order valence-corrected chi connectivity index (χ1v) is 8.36. The zero-order valence-corrected chi connectivity index (χ0v) is 13.7. The fraction of sp³-hybridized carbons (Fsp3) is 0.133. The molecule has 0 fully saturated rings. The average Bonchev–Trinajstić information content (AvgIpc) is 3.32. The third-order valence-corrected chi connectivity index (χ3v) is 4.25. The molecule has 0 bridgehead atoms. The molecule has 4 aromatic heterocycles. The molecule has 0 aromatic carbocycles. The zero-order chi connectivity index (χ0) is 17.1. The van der Waals surface area contributed by atoms with E-state index in [1.165, 1.54) is 11.3 Å². The van der Waals surface area contributed by atoms with E-state index in [4.69, 9.17) is 0 Å². The summed E-state index contributed by atoms with van der Waals surface area (Å²) >= 11 is 1.49. The highest BCUT2D eigenvalue weighted by molar-refractivity contribution is 7.16. The molecule has 0 aliphatic carbocycles. The molecule has 124 valence electrons. The van der Waals surface area contributed by atoms with Crippen LogP contribution < -0.4 is 5.32 Å². The molecule has 0 saturated heterocycles. The third kappa shape index (κ3) is 3.33. The number of aromatic nitrogens is 7. The quantitative estimate of drug-likeness (QED) is 0.562. The maximum Gasteiger partial charge on any atom is 0.225 e. The van der Waals surface area contributed by atoms with E-state index < -0.39 is 0 Å². The summed E-state index contributed by atoms with van der Waals surface area (Å²) < 4.78 is 0. The molecule has 0 unspecified atom stereocenters. The Kier molecular flexibility index (Phi) is 4.09. The van der Waals surface area contributed by atoms with Gasteiger partial charge in [-0.2, -0.15) is 5.21 Å². The van der Waals surface area contributed by atoms with Gasteiger partial charge >= 0.3 is 0 Å². The topological polar surface area (TPSA) is 122 Å². The van der Waals surface area contributed by atoms with Crippen molar-refractivity contribution in [2.75, 3.05) is 5.32 Å². The van der Waals surface area contributed by atoms with Crippen molar-refractivity contribution in [3.8, 4) is 11.5 Å². The van der Waals surface area contributed by atoms with Gasteiger partial charge in [-0.25, -0.2) is 9.97 Å². The summed E-state index contributed by atoms with van der Waals surface area (Å²) in [7, 11) is 0. The molecule has 0 aliphatic heterocycles. The Bertz CT molecular complexity index is 999. The average molecular weight is 352 g/mol. The first-order valence-electron chi connectivity index (χ1n) is 7.48. The zero-order valence-electron chi connectivity index (χ0n) is 12.9. The summed E-state index contributed by atoms with van der Waals surface area (Å²) in [6.07, 6.45) is 2.31. The van der Waals surface area contributed by atoms with Crippen LogP contribution >= 0.6 is 11.3 Å². The highest BCUT2D eigenvalue weighted by atomic mass is 32.1. The molecule has 10 heteroatoms. The Morgan fingerprint density at radius 2 is 2.20 bits per heavy atom. The third-order valence-electron chi connectivity index (χ3n) is 3.44. The Balaban J connectivity index is 1.59. The van der Waals surface area contributed by atoms with Crippen LogP contribution in [0.2, 0.25) is 0 Å². The van der Waals surface area contributed by atoms with Gasteiger partial charge in [-0.05, 0) is 23.6 Å². The number of nitrogens with one attached hydrogen (secondary N) is 2. The van der Waals surface area contributed by atoms with Crippen LogP contribution in [0.3, 0.4) is 0 Å². The van der Waals surface area contributed by atoms with Crippen molar-refractivity contribution in [3.05, 3.63) is 41.7 Å². The minimum absolute atomic E-state index is 0.178. The lowest BCUT2D eigenvalue weighted by Gasteiger charge is -2.07. The second-order valence-corrected chi connectivity index (χ2v) is 6.02. The number of tetrazole rings is 1. The number of hydrogen-bond acceptors (Lipinski definition) is 8. The number of aryl methyl sites for hydroxylation is 1. The van der Waals surface area contributed by atoms with Gasteiger partial charge in [-0.3, -0.25) is 9.78 Å². The summed E-state index contributed by atoms with van der Waals surface area (Å²) in [5.41, 5.74) is 0.653. The Labute approximate surface area is 145 Å². The first kappa shape index (κ1) is 15.3. The van der Waals surface area contributed by atoms with Gasteiger partial charge in [-0.15, -0.1) is 21.5 Å². The molecular formula is C15H12N8OS. The molecule has 0 radical (unpaired) electrons. The van der Waals surface area contributed by atoms with Gasteiger partial charge in [0.2, 0.25) is 5.91 Å². The Hall–Kier alpha value is -3.27. The lowest BCUT2D eigenvalue weighted by Crippen LogP contribution is -2.14. The van der Waals surface area contributed by atoms with Gasteiger partial charge < -0.3 is 5.32 Å². The minimum Gasteiger partial charge on any atom is -0.310 e. The lowest BCUT2D eigenvalue weighted by molar-refractivity contribution is -0.116. The molecule has 0 spiro atoms. The van der Waals surface area contributed by atoms with Crippen LogP contribution in [-0.4, -0.2) is 41.5 Å². The fourth-order valence-corrected chi connectivity index (χ4v) is 3.03. The highest BCUT2D eigenvalue weighted by Crippen LogP contribution is 2.27. The van der Waals surface area contributed by atoms with Crippen LogP contribution in [0.5, 0.6) is 0 Å². The minimum atomic E-state index is -0.178. The number of H-pyrrole nitrogens is 1. The SMILES string of the molecule is O=C(CCc1nn[nH]n1)Nc1nc(-c2ccccn2)nc2sccc12. The predicted octanol–water partition coefficient (Wildman–Crippen LogP) is 1.84. The maximum absolute atomic E-state index is 12.3. The van der Waals surface area contributed by atoms with Gasteiger partial charge in [0.25, 0.3) is 0 Å². The standard InChI is InChI=1S/C15H12N8OS/c24-12(5-4-11-20-22-23-21-11)17-13-9-6-8-25-15(9)19-14(18-13)10-3-1-2-7-16-10/h1-3,6-8H,4-5H2,(H,17,18,19,24)(H,20,21,22,23). The van der Waals surface area contributed by atoms with Gasteiger partial charge in [-0.1, -0.05) is 11.3 Å². The van der Waals surface area contributed by atoms with Crippen LogP contribution in [0.15, 0.2) is 35.8 Å². The van der Waals surface area contributed by atoms with Crippen molar-refractivity contribution in [1.29, 1.82) is 0 Å². The van der Waals surface area contributed by atoms with E-state index in [9.17, 15) is 4.79 Å². The highest BCUT2D eigenvalue weighted by Gasteiger charge is 2.14. The number of fused-ring (bicyclic) bond motifs is 1. The van der Waals surface area contributed by atoms with Crippen LogP contribution in [0.4, 0.5) is 5.82 Å². The molecule has 0 aliphatic rings. The molecule has 1 amide bonds. The van der Waals surface area contributed by atoms with Crippen molar-refractivity contribution in [2.45, 2.75) is 12.8 Å². The molecule has 0 saturated carbocycles. The molecule has 9 nitrogen and oxygen atoms in total. The molecule has 2 N–H and O–H groups in total. The second kappa shape index (κ2) is 6.69. The van der Waals surface area contributed by atoms with Gasteiger partial charge in [0, 0.05) is 19.0 Å². The van der Waals surface area contributed by atoms with Crippen LogP contribution in [0.1, 0.15) is 12.2 Å². The van der Waals surface area contributed by atoms with Crippen LogP contribution in [-0.2, 0) is 11.2 Å².